The number of carbonyl (C=O) groups is 2. The molecule has 0 spiro atoms. The van der Waals surface area contributed by atoms with Crippen LogP contribution in [0.3, 0.4) is 0 Å². The highest BCUT2D eigenvalue weighted by Crippen LogP contribution is 2.26. The molecule has 6 nitrogen and oxygen atoms in total. The maximum Gasteiger partial charge on any atom is 0.331 e. The molecule has 2 rings (SSSR count). The summed E-state index contributed by atoms with van der Waals surface area (Å²) in [5.74, 6) is -0.595. The van der Waals surface area contributed by atoms with E-state index in [4.69, 9.17) is 4.74 Å². The Kier molecular flexibility index (Phi) is 6.93. The molecule has 1 atom stereocenters. The fourth-order valence-corrected chi connectivity index (χ4v) is 2.81. The Morgan fingerprint density at radius 1 is 1.30 bits per heavy atom. The third-order valence-corrected chi connectivity index (χ3v) is 4.67. The van der Waals surface area contributed by atoms with E-state index in [1.165, 1.54) is 6.08 Å². The van der Waals surface area contributed by atoms with Crippen molar-refractivity contribution in [3.05, 3.63) is 52.9 Å². The monoisotopic (exact) mass is 369 g/mol. The van der Waals surface area contributed by atoms with Crippen LogP contribution in [0.25, 0.3) is 6.08 Å². The minimum atomic E-state index is -0.567. The number of nitrogens with one attached hydrogen (secondary N) is 1. The fraction of sp³-hybridized carbons (Fsp3) is 0.381. The average Bonchev–Trinajstić information content (AvgIpc) is 2.89. The van der Waals surface area contributed by atoms with Crippen LogP contribution in [-0.4, -0.2) is 28.3 Å². The van der Waals surface area contributed by atoms with Crippen LogP contribution in [0, 0.1) is 13.8 Å². The molecular weight excluding hydrogens is 342 g/mol. The number of carbonyl (C=O) groups excluding carboxylic acids is 2. The standard InChI is InChI=1S/C21H27N3O3/c1-6-14(2)17-9-7-8-10-19(17)22-20(25)13-27-21(26)12-11-18-15(3)23-24(5)16(18)4/h7-12,14H,6,13H2,1-5H3,(H,22,25)/b12-11+/t14-/m1/s1. The number of benzene rings is 1. The van der Waals surface area contributed by atoms with Gasteiger partial charge in [-0.25, -0.2) is 4.79 Å². The number of anilines is 1. The van der Waals surface area contributed by atoms with Gasteiger partial charge in [-0.05, 0) is 43.9 Å². The number of hydrogen-bond donors (Lipinski definition) is 1. The number of aromatic nitrogens is 2. The van der Waals surface area contributed by atoms with Crippen LogP contribution in [0.4, 0.5) is 5.69 Å². The van der Waals surface area contributed by atoms with Crippen molar-refractivity contribution in [2.45, 2.75) is 40.0 Å². The Morgan fingerprint density at radius 3 is 2.63 bits per heavy atom. The van der Waals surface area contributed by atoms with E-state index in [9.17, 15) is 9.59 Å². The molecule has 1 aromatic carbocycles. The van der Waals surface area contributed by atoms with Crippen molar-refractivity contribution in [3.63, 3.8) is 0 Å². The molecule has 0 saturated carbocycles. The lowest BCUT2D eigenvalue weighted by Crippen LogP contribution is -2.21. The number of esters is 1. The summed E-state index contributed by atoms with van der Waals surface area (Å²) in [6.45, 7) is 7.68. The van der Waals surface area contributed by atoms with Crippen molar-refractivity contribution in [3.8, 4) is 0 Å². The van der Waals surface area contributed by atoms with Gasteiger partial charge in [0, 0.05) is 30.1 Å². The van der Waals surface area contributed by atoms with E-state index in [0.717, 1.165) is 34.6 Å². The second-order valence-corrected chi connectivity index (χ2v) is 6.59. The number of para-hydroxylation sites is 1. The minimum absolute atomic E-state index is 0.330. The van der Waals surface area contributed by atoms with Gasteiger partial charge in [-0.3, -0.25) is 9.48 Å². The van der Waals surface area contributed by atoms with Crippen LogP contribution in [0.5, 0.6) is 0 Å². The van der Waals surface area contributed by atoms with Crippen molar-refractivity contribution in [2.75, 3.05) is 11.9 Å². The van der Waals surface area contributed by atoms with Crippen molar-refractivity contribution < 1.29 is 14.3 Å². The molecule has 0 aliphatic carbocycles. The molecular formula is C21H27N3O3. The Labute approximate surface area is 160 Å². The maximum absolute atomic E-state index is 12.1. The zero-order valence-corrected chi connectivity index (χ0v) is 16.6. The van der Waals surface area contributed by atoms with E-state index in [2.05, 4.69) is 24.3 Å². The average molecular weight is 369 g/mol. The van der Waals surface area contributed by atoms with Gasteiger partial charge in [0.15, 0.2) is 6.61 Å². The summed E-state index contributed by atoms with van der Waals surface area (Å²) in [4.78, 5) is 24.0. The van der Waals surface area contributed by atoms with Gasteiger partial charge in [-0.2, -0.15) is 5.10 Å². The van der Waals surface area contributed by atoms with E-state index < -0.39 is 5.97 Å². The summed E-state index contributed by atoms with van der Waals surface area (Å²) in [5, 5.41) is 7.11. The normalized spacial score (nSPS) is 12.2. The minimum Gasteiger partial charge on any atom is -0.452 e. The van der Waals surface area contributed by atoms with Crippen LogP contribution in [0.2, 0.25) is 0 Å². The molecule has 0 unspecified atom stereocenters. The van der Waals surface area contributed by atoms with Gasteiger partial charge in [0.05, 0.1) is 5.69 Å². The van der Waals surface area contributed by atoms with Gasteiger partial charge >= 0.3 is 5.97 Å². The maximum atomic E-state index is 12.1. The van der Waals surface area contributed by atoms with Crippen molar-refractivity contribution in [1.29, 1.82) is 0 Å². The van der Waals surface area contributed by atoms with E-state index in [0.29, 0.717) is 5.92 Å². The first kappa shape index (κ1) is 20.4. The van der Waals surface area contributed by atoms with E-state index in [1.54, 1.807) is 10.8 Å². The van der Waals surface area contributed by atoms with Crippen molar-refractivity contribution in [2.24, 2.45) is 7.05 Å². The Hall–Kier alpha value is -2.89. The molecule has 1 amide bonds. The van der Waals surface area contributed by atoms with Gasteiger partial charge in [0.2, 0.25) is 0 Å². The molecule has 144 valence electrons. The molecule has 0 radical (unpaired) electrons. The largest absolute Gasteiger partial charge is 0.452 e. The molecule has 0 aliphatic rings. The molecule has 2 aromatic rings. The topological polar surface area (TPSA) is 73.2 Å². The second kappa shape index (κ2) is 9.16. The number of hydrogen-bond acceptors (Lipinski definition) is 4. The van der Waals surface area contributed by atoms with Gasteiger partial charge in [0.1, 0.15) is 0 Å². The van der Waals surface area contributed by atoms with Crippen LogP contribution < -0.4 is 5.32 Å². The molecule has 0 aliphatic heterocycles. The molecule has 0 saturated heterocycles. The highest BCUT2D eigenvalue weighted by atomic mass is 16.5. The summed E-state index contributed by atoms with van der Waals surface area (Å²) < 4.78 is 6.80. The van der Waals surface area contributed by atoms with E-state index in [1.807, 2.05) is 45.2 Å². The summed E-state index contributed by atoms with van der Waals surface area (Å²) in [6.07, 6.45) is 3.95. The molecule has 0 bridgehead atoms. The van der Waals surface area contributed by atoms with Crippen molar-refractivity contribution in [1.82, 2.24) is 9.78 Å². The van der Waals surface area contributed by atoms with Gasteiger partial charge in [-0.1, -0.05) is 32.0 Å². The Balaban J connectivity index is 1.92. The SMILES string of the molecule is CC[C@@H](C)c1ccccc1NC(=O)COC(=O)/C=C/c1c(C)nn(C)c1C. The Morgan fingerprint density at radius 2 is 2.00 bits per heavy atom. The lowest BCUT2D eigenvalue weighted by atomic mass is 9.97. The summed E-state index contributed by atoms with van der Waals surface area (Å²) >= 11 is 0. The van der Waals surface area contributed by atoms with Gasteiger partial charge in [-0.15, -0.1) is 0 Å². The van der Waals surface area contributed by atoms with Gasteiger partial charge < -0.3 is 10.1 Å². The second-order valence-electron chi connectivity index (χ2n) is 6.59. The quantitative estimate of drug-likeness (QED) is 0.596. The van der Waals surface area contributed by atoms with Crippen molar-refractivity contribution >= 4 is 23.6 Å². The van der Waals surface area contributed by atoms with E-state index in [-0.39, 0.29) is 12.5 Å². The highest BCUT2D eigenvalue weighted by Gasteiger charge is 2.12. The smallest absolute Gasteiger partial charge is 0.331 e. The molecule has 1 N–H and O–H groups in total. The first-order valence-electron chi connectivity index (χ1n) is 9.07. The zero-order chi connectivity index (χ0) is 20.0. The third-order valence-electron chi connectivity index (χ3n) is 4.67. The van der Waals surface area contributed by atoms with Crippen LogP contribution in [0.1, 0.15) is 48.7 Å². The number of amides is 1. The number of ether oxygens (including phenoxy) is 1. The van der Waals surface area contributed by atoms with Crippen LogP contribution in [-0.2, 0) is 21.4 Å². The first-order chi connectivity index (χ1) is 12.8. The molecule has 6 heteroatoms. The first-order valence-corrected chi connectivity index (χ1v) is 9.07. The van der Waals surface area contributed by atoms with Gasteiger partial charge in [0.25, 0.3) is 5.91 Å². The molecule has 0 fully saturated rings. The Bertz CT molecular complexity index is 852. The number of aryl methyl sites for hydroxylation is 2. The predicted molar refractivity (Wildman–Crippen MR) is 106 cm³/mol. The number of nitrogens with zero attached hydrogens (tertiary/aromatic N) is 2. The summed E-state index contributed by atoms with van der Waals surface area (Å²) in [5.41, 5.74) is 4.49. The van der Waals surface area contributed by atoms with E-state index >= 15 is 0 Å². The molecule has 1 heterocycles. The third kappa shape index (κ3) is 5.29. The molecule has 27 heavy (non-hydrogen) atoms. The molecule has 1 aromatic heterocycles. The lowest BCUT2D eigenvalue weighted by molar-refractivity contribution is -0.142. The fourth-order valence-electron chi connectivity index (χ4n) is 2.81. The number of rotatable bonds is 7. The lowest BCUT2D eigenvalue weighted by Gasteiger charge is -2.15. The summed E-state index contributed by atoms with van der Waals surface area (Å²) in [6, 6.07) is 7.67. The van der Waals surface area contributed by atoms with Crippen LogP contribution >= 0.6 is 0 Å². The zero-order valence-electron chi connectivity index (χ0n) is 16.6. The predicted octanol–water partition coefficient (Wildman–Crippen LogP) is 3.75. The highest BCUT2D eigenvalue weighted by molar-refractivity contribution is 5.95. The van der Waals surface area contributed by atoms with Crippen LogP contribution in [0.15, 0.2) is 30.3 Å². The summed E-state index contributed by atoms with van der Waals surface area (Å²) in [7, 11) is 1.85.